The average Bonchev–Trinajstić information content (AvgIpc) is 2.28. The second-order valence-corrected chi connectivity index (χ2v) is 7.61. The largest absolute Gasteiger partial charge is 0.330 e. The van der Waals surface area contributed by atoms with Crippen LogP contribution in [0, 0.1) is 5.41 Å². The number of nitrogens with two attached hydrogens (primary N) is 1. The van der Waals surface area contributed by atoms with E-state index < -0.39 is 0 Å². The third kappa shape index (κ3) is 5.64. The van der Waals surface area contributed by atoms with Crippen LogP contribution in [0.15, 0.2) is 28.7 Å². The van der Waals surface area contributed by atoms with Crippen LogP contribution in [0.1, 0.15) is 39.7 Å². The van der Waals surface area contributed by atoms with Gasteiger partial charge in [0.05, 0.1) is 0 Å². The van der Waals surface area contributed by atoms with Gasteiger partial charge in [0.2, 0.25) is 0 Å². The molecule has 3 N–H and O–H groups in total. The molecule has 19 heavy (non-hydrogen) atoms. The Morgan fingerprint density at radius 3 is 2.16 bits per heavy atom. The molecule has 0 fully saturated rings. The van der Waals surface area contributed by atoms with Crippen LogP contribution < -0.4 is 11.1 Å². The van der Waals surface area contributed by atoms with E-state index in [1.807, 2.05) is 0 Å². The molecule has 3 heteroatoms. The van der Waals surface area contributed by atoms with Gasteiger partial charge in [-0.25, -0.2) is 0 Å². The topological polar surface area (TPSA) is 38.0 Å². The molecule has 0 aliphatic carbocycles. The molecule has 1 rings (SSSR count). The summed E-state index contributed by atoms with van der Waals surface area (Å²) in [7, 11) is 0. The summed E-state index contributed by atoms with van der Waals surface area (Å²) in [5, 5.41) is 3.60. The molecule has 0 aromatic heterocycles. The van der Waals surface area contributed by atoms with Crippen LogP contribution in [0.5, 0.6) is 0 Å². The molecule has 0 spiro atoms. The normalized spacial score (nSPS) is 12.7. The fraction of sp³-hybridized carbons (Fsp3) is 0.625. The first-order valence-corrected chi connectivity index (χ1v) is 7.73. The summed E-state index contributed by atoms with van der Waals surface area (Å²) in [5.74, 6) is 0. The lowest BCUT2D eigenvalue weighted by molar-refractivity contribution is 0.305. The van der Waals surface area contributed by atoms with Crippen molar-refractivity contribution in [3.8, 4) is 0 Å². The molecule has 2 nitrogen and oxygen atoms in total. The standard InChI is InChI=1S/C16H27BrN2/c1-15(2,9-10-18)11-19-12-16(3,4)13-5-7-14(17)8-6-13/h5-8,19H,9-12,18H2,1-4H3. The first kappa shape index (κ1) is 16.7. The SMILES string of the molecule is CC(C)(CCN)CNCC(C)(C)c1ccc(Br)cc1. The minimum Gasteiger partial charge on any atom is -0.330 e. The van der Waals surface area contributed by atoms with Gasteiger partial charge in [-0.1, -0.05) is 55.8 Å². The third-order valence-electron chi connectivity index (χ3n) is 3.62. The molecular weight excluding hydrogens is 300 g/mol. The number of hydrogen-bond acceptors (Lipinski definition) is 2. The Morgan fingerprint density at radius 1 is 1.05 bits per heavy atom. The predicted molar refractivity (Wildman–Crippen MR) is 87.5 cm³/mol. The summed E-state index contributed by atoms with van der Waals surface area (Å²) in [5.41, 5.74) is 7.41. The van der Waals surface area contributed by atoms with Crippen LogP contribution in [0.25, 0.3) is 0 Å². The zero-order chi connectivity index (χ0) is 14.5. The Labute approximate surface area is 126 Å². The molecular formula is C16H27BrN2. The quantitative estimate of drug-likeness (QED) is 0.801. The van der Waals surface area contributed by atoms with E-state index in [4.69, 9.17) is 5.73 Å². The molecule has 1 aromatic rings. The molecule has 0 heterocycles. The number of halogens is 1. The van der Waals surface area contributed by atoms with Gasteiger partial charge in [0.25, 0.3) is 0 Å². The maximum atomic E-state index is 5.65. The minimum atomic E-state index is 0.138. The monoisotopic (exact) mass is 326 g/mol. The Bertz CT molecular complexity index is 382. The fourth-order valence-corrected chi connectivity index (χ4v) is 2.46. The summed E-state index contributed by atoms with van der Waals surface area (Å²) in [6.45, 7) is 11.8. The van der Waals surface area contributed by atoms with Crippen LogP contribution in [-0.4, -0.2) is 19.6 Å². The Morgan fingerprint density at radius 2 is 1.63 bits per heavy atom. The van der Waals surface area contributed by atoms with Crippen LogP contribution in [-0.2, 0) is 5.41 Å². The van der Waals surface area contributed by atoms with Gasteiger partial charge in [-0.05, 0) is 36.1 Å². The zero-order valence-corrected chi connectivity index (χ0v) is 14.2. The van der Waals surface area contributed by atoms with Crippen molar-refractivity contribution in [3.05, 3.63) is 34.3 Å². The van der Waals surface area contributed by atoms with Crippen molar-refractivity contribution in [1.29, 1.82) is 0 Å². The lowest BCUT2D eigenvalue weighted by Gasteiger charge is -2.30. The van der Waals surface area contributed by atoms with Gasteiger partial charge in [-0.3, -0.25) is 0 Å². The van der Waals surface area contributed by atoms with Gasteiger partial charge in [0.15, 0.2) is 0 Å². The van der Waals surface area contributed by atoms with Gasteiger partial charge in [-0.15, -0.1) is 0 Å². The lowest BCUT2D eigenvalue weighted by Crippen LogP contribution is -2.38. The molecule has 0 atom stereocenters. The number of nitrogens with one attached hydrogen (secondary N) is 1. The maximum absolute atomic E-state index is 5.65. The molecule has 0 unspecified atom stereocenters. The van der Waals surface area contributed by atoms with E-state index in [9.17, 15) is 0 Å². The smallest absolute Gasteiger partial charge is 0.0175 e. The van der Waals surface area contributed by atoms with E-state index in [1.54, 1.807) is 0 Å². The van der Waals surface area contributed by atoms with Crippen LogP contribution in [0.4, 0.5) is 0 Å². The Balaban J connectivity index is 2.53. The summed E-state index contributed by atoms with van der Waals surface area (Å²) in [4.78, 5) is 0. The molecule has 0 aliphatic rings. The van der Waals surface area contributed by atoms with Gasteiger partial charge >= 0.3 is 0 Å². The van der Waals surface area contributed by atoms with Gasteiger partial charge in [0.1, 0.15) is 0 Å². The number of rotatable bonds is 7. The van der Waals surface area contributed by atoms with E-state index in [0.29, 0.717) is 0 Å². The lowest BCUT2D eigenvalue weighted by atomic mass is 9.83. The molecule has 1 aromatic carbocycles. The van der Waals surface area contributed by atoms with Crippen molar-refractivity contribution in [1.82, 2.24) is 5.32 Å². The van der Waals surface area contributed by atoms with Crippen LogP contribution in [0.3, 0.4) is 0 Å². The van der Waals surface area contributed by atoms with Crippen molar-refractivity contribution in [2.75, 3.05) is 19.6 Å². The minimum absolute atomic E-state index is 0.138. The Hall–Kier alpha value is -0.380. The summed E-state index contributed by atoms with van der Waals surface area (Å²) >= 11 is 3.48. The molecule has 0 saturated heterocycles. The molecule has 0 aliphatic heterocycles. The number of benzene rings is 1. The highest BCUT2D eigenvalue weighted by Crippen LogP contribution is 2.25. The van der Waals surface area contributed by atoms with Crippen LogP contribution >= 0.6 is 15.9 Å². The van der Waals surface area contributed by atoms with E-state index in [0.717, 1.165) is 30.5 Å². The van der Waals surface area contributed by atoms with E-state index in [1.165, 1.54) is 5.56 Å². The maximum Gasteiger partial charge on any atom is 0.0175 e. The summed E-state index contributed by atoms with van der Waals surface area (Å²) in [6.07, 6.45) is 1.05. The highest BCUT2D eigenvalue weighted by molar-refractivity contribution is 9.10. The second kappa shape index (κ2) is 6.87. The average molecular weight is 327 g/mol. The summed E-state index contributed by atoms with van der Waals surface area (Å²) < 4.78 is 1.13. The van der Waals surface area contributed by atoms with E-state index >= 15 is 0 Å². The van der Waals surface area contributed by atoms with Crippen molar-refractivity contribution in [2.45, 2.75) is 39.5 Å². The predicted octanol–water partition coefficient (Wildman–Crippen LogP) is 3.69. The van der Waals surface area contributed by atoms with Crippen molar-refractivity contribution in [3.63, 3.8) is 0 Å². The van der Waals surface area contributed by atoms with Crippen molar-refractivity contribution < 1.29 is 0 Å². The molecule has 108 valence electrons. The highest BCUT2D eigenvalue weighted by Gasteiger charge is 2.22. The molecule has 0 radical (unpaired) electrons. The molecule has 0 bridgehead atoms. The van der Waals surface area contributed by atoms with E-state index in [-0.39, 0.29) is 10.8 Å². The van der Waals surface area contributed by atoms with E-state index in [2.05, 4.69) is 73.2 Å². The zero-order valence-electron chi connectivity index (χ0n) is 12.6. The van der Waals surface area contributed by atoms with Gasteiger partial charge in [0, 0.05) is 23.0 Å². The highest BCUT2D eigenvalue weighted by atomic mass is 79.9. The Kier molecular flexibility index (Phi) is 6.03. The van der Waals surface area contributed by atoms with Gasteiger partial charge in [-0.2, -0.15) is 0 Å². The number of hydrogen-bond donors (Lipinski definition) is 2. The fourth-order valence-electron chi connectivity index (χ4n) is 2.20. The first-order valence-electron chi connectivity index (χ1n) is 6.94. The summed E-state index contributed by atoms with van der Waals surface area (Å²) in [6, 6.07) is 8.60. The second-order valence-electron chi connectivity index (χ2n) is 6.70. The van der Waals surface area contributed by atoms with Gasteiger partial charge < -0.3 is 11.1 Å². The van der Waals surface area contributed by atoms with Crippen molar-refractivity contribution in [2.24, 2.45) is 11.1 Å². The molecule has 0 saturated carbocycles. The third-order valence-corrected chi connectivity index (χ3v) is 4.15. The first-order chi connectivity index (χ1) is 8.77. The van der Waals surface area contributed by atoms with Crippen molar-refractivity contribution >= 4 is 15.9 Å². The molecule has 0 amide bonds. The van der Waals surface area contributed by atoms with Crippen LogP contribution in [0.2, 0.25) is 0 Å².